The van der Waals surface area contributed by atoms with Gasteiger partial charge in [-0.25, -0.2) is 0 Å². The molecule has 0 bridgehead atoms. The van der Waals surface area contributed by atoms with Gasteiger partial charge in [-0.2, -0.15) is 0 Å². The van der Waals surface area contributed by atoms with Crippen LogP contribution in [0.5, 0.6) is 0 Å². The van der Waals surface area contributed by atoms with Crippen molar-refractivity contribution in [3.63, 3.8) is 0 Å². The fourth-order valence-electron chi connectivity index (χ4n) is 0.560. The first-order chi connectivity index (χ1) is 3.93. The maximum atomic E-state index is 5.02. The number of nitrogens with one attached hydrogen (secondary N) is 1. The fraction of sp³-hybridized carbons (Fsp3) is 0.333. The Bertz CT molecular complexity index is 109. The molecule has 1 atom stereocenters. The van der Waals surface area contributed by atoms with E-state index in [-0.39, 0.29) is 6.23 Å². The topological polar surface area (TPSA) is 21.3 Å². The van der Waals surface area contributed by atoms with Crippen molar-refractivity contribution in [2.75, 3.05) is 6.54 Å². The van der Waals surface area contributed by atoms with E-state index in [0.29, 0.717) is 0 Å². The summed E-state index contributed by atoms with van der Waals surface area (Å²) < 4.78 is 5.02. The molecule has 1 N–H and O–H groups in total. The van der Waals surface area contributed by atoms with Gasteiger partial charge in [0.15, 0.2) is 6.23 Å². The van der Waals surface area contributed by atoms with Gasteiger partial charge < -0.3 is 4.74 Å². The first-order valence-electron chi connectivity index (χ1n) is 2.60. The van der Waals surface area contributed by atoms with Crippen molar-refractivity contribution in [3.8, 4) is 0 Å². The maximum Gasteiger partial charge on any atom is 0.168 e. The molecule has 0 fully saturated rings. The van der Waals surface area contributed by atoms with Gasteiger partial charge in [0.05, 0.1) is 6.26 Å². The number of hydrogen-bond acceptors (Lipinski definition) is 2. The van der Waals surface area contributed by atoms with Gasteiger partial charge in [-0.15, -0.1) is 0 Å². The van der Waals surface area contributed by atoms with Crippen LogP contribution in [0.15, 0.2) is 25.0 Å². The highest BCUT2D eigenvalue weighted by molar-refractivity contribution is 4.89. The Labute approximate surface area is 48.8 Å². The molecule has 8 heavy (non-hydrogen) atoms. The van der Waals surface area contributed by atoms with Crippen LogP contribution in [-0.4, -0.2) is 12.8 Å². The molecule has 1 rings (SSSR count). The minimum Gasteiger partial charge on any atom is -0.480 e. The van der Waals surface area contributed by atoms with Crippen molar-refractivity contribution in [3.05, 3.63) is 25.0 Å². The predicted molar refractivity (Wildman–Crippen MR) is 32.2 cm³/mol. The van der Waals surface area contributed by atoms with Crippen LogP contribution in [0.25, 0.3) is 0 Å². The van der Waals surface area contributed by atoms with E-state index in [0.717, 1.165) is 6.54 Å². The third kappa shape index (κ3) is 1.10. The molecule has 1 unspecified atom stereocenters. The normalized spacial score (nSPS) is 26.8. The quantitative estimate of drug-likeness (QED) is 0.501. The van der Waals surface area contributed by atoms with Crippen LogP contribution in [0.1, 0.15) is 0 Å². The first-order valence-corrected chi connectivity index (χ1v) is 2.60. The molecule has 2 heteroatoms. The van der Waals surface area contributed by atoms with Crippen molar-refractivity contribution >= 4 is 0 Å². The molecule has 1 heterocycles. The van der Waals surface area contributed by atoms with Crippen molar-refractivity contribution in [2.24, 2.45) is 0 Å². The van der Waals surface area contributed by atoms with Crippen LogP contribution in [0.4, 0.5) is 0 Å². The highest BCUT2D eigenvalue weighted by Gasteiger charge is 2.01. The molecule has 0 aromatic heterocycles. The smallest absolute Gasteiger partial charge is 0.168 e. The van der Waals surface area contributed by atoms with Crippen molar-refractivity contribution in [1.82, 2.24) is 5.32 Å². The Kier molecular flexibility index (Phi) is 1.70. The second kappa shape index (κ2) is 2.52. The minimum atomic E-state index is 0.0139. The summed E-state index contributed by atoms with van der Waals surface area (Å²) in [6.45, 7) is 4.43. The highest BCUT2D eigenvalue weighted by atomic mass is 16.5. The second-order valence-electron chi connectivity index (χ2n) is 1.57. The molecule has 0 saturated carbocycles. The van der Waals surface area contributed by atoms with Crippen LogP contribution < -0.4 is 5.32 Å². The van der Waals surface area contributed by atoms with Crippen molar-refractivity contribution < 1.29 is 4.74 Å². The third-order valence-electron chi connectivity index (χ3n) is 0.972. The molecule has 0 spiro atoms. The van der Waals surface area contributed by atoms with E-state index < -0.39 is 0 Å². The highest BCUT2D eigenvalue weighted by Crippen LogP contribution is 1.93. The molecule has 0 aromatic rings. The Hall–Kier alpha value is -0.760. The van der Waals surface area contributed by atoms with Crippen LogP contribution in [-0.2, 0) is 4.74 Å². The van der Waals surface area contributed by atoms with Crippen molar-refractivity contribution in [1.29, 1.82) is 0 Å². The summed E-state index contributed by atoms with van der Waals surface area (Å²) in [4.78, 5) is 0. The summed E-state index contributed by atoms with van der Waals surface area (Å²) in [5.74, 6) is 0. The predicted octanol–water partition coefficient (Wildman–Crippen LogP) is 0.632. The molecule has 0 radical (unpaired) electrons. The average Bonchev–Trinajstić information content (AvgIpc) is 1.90. The summed E-state index contributed by atoms with van der Waals surface area (Å²) in [6, 6.07) is 0. The Balaban J connectivity index is 2.37. The lowest BCUT2D eigenvalue weighted by molar-refractivity contribution is 0.145. The van der Waals surface area contributed by atoms with Crippen LogP contribution in [0.3, 0.4) is 0 Å². The third-order valence-corrected chi connectivity index (χ3v) is 0.972. The zero-order valence-corrected chi connectivity index (χ0v) is 4.63. The zero-order valence-electron chi connectivity index (χ0n) is 4.63. The summed E-state index contributed by atoms with van der Waals surface area (Å²) in [5, 5.41) is 3.04. The lowest BCUT2D eigenvalue weighted by Crippen LogP contribution is -2.31. The maximum absolute atomic E-state index is 5.02. The molecular weight excluding hydrogens is 102 g/mol. The standard InChI is InChI=1S/C6H9NO/c1-2-6-7-4-3-5-8-6/h2-3,5-7H,1,4H2. The minimum absolute atomic E-state index is 0.0139. The van der Waals surface area contributed by atoms with Gasteiger partial charge in [-0.1, -0.05) is 6.58 Å². The van der Waals surface area contributed by atoms with Crippen LogP contribution in [0, 0.1) is 0 Å². The molecule has 0 amide bonds. The van der Waals surface area contributed by atoms with E-state index in [2.05, 4.69) is 11.9 Å². The van der Waals surface area contributed by atoms with E-state index in [1.54, 1.807) is 12.3 Å². The van der Waals surface area contributed by atoms with E-state index in [9.17, 15) is 0 Å². The summed E-state index contributed by atoms with van der Waals surface area (Å²) in [5.41, 5.74) is 0. The average molecular weight is 111 g/mol. The molecule has 1 aliphatic heterocycles. The fourth-order valence-corrected chi connectivity index (χ4v) is 0.560. The molecule has 1 aliphatic rings. The Morgan fingerprint density at radius 3 is 3.12 bits per heavy atom. The van der Waals surface area contributed by atoms with Gasteiger partial charge in [-0.05, 0) is 12.2 Å². The number of rotatable bonds is 1. The molecule has 2 nitrogen and oxygen atoms in total. The molecular formula is C6H9NO. The lowest BCUT2D eigenvalue weighted by atomic mass is 10.4. The van der Waals surface area contributed by atoms with Crippen LogP contribution >= 0.6 is 0 Å². The van der Waals surface area contributed by atoms with Gasteiger partial charge in [0.1, 0.15) is 0 Å². The van der Waals surface area contributed by atoms with Gasteiger partial charge in [-0.3, -0.25) is 5.32 Å². The summed E-state index contributed by atoms with van der Waals surface area (Å²) >= 11 is 0. The lowest BCUT2D eigenvalue weighted by Gasteiger charge is -2.16. The van der Waals surface area contributed by atoms with Gasteiger partial charge in [0, 0.05) is 6.54 Å². The second-order valence-corrected chi connectivity index (χ2v) is 1.57. The monoisotopic (exact) mass is 111 g/mol. The summed E-state index contributed by atoms with van der Waals surface area (Å²) in [7, 11) is 0. The zero-order chi connectivity index (χ0) is 5.82. The van der Waals surface area contributed by atoms with Gasteiger partial charge >= 0.3 is 0 Å². The van der Waals surface area contributed by atoms with Gasteiger partial charge in [0.25, 0.3) is 0 Å². The molecule has 0 saturated heterocycles. The Morgan fingerprint density at radius 1 is 1.88 bits per heavy atom. The Morgan fingerprint density at radius 2 is 2.75 bits per heavy atom. The van der Waals surface area contributed by atoms with E-state index >= 15 is 0 Å². The number of ether oxygens (including phenoxy) is 1. The first kappa shape index (κ1) is 5.38. The van der Waals surface area contributed by atoms with E-state index in [1.165, 1.54) is 0 Å². The SMILES string of the molecule is C=CC1NCC=CO1. The van der Waals surface area contributed by atoms with Gasteiger partial charge in [0.2, 0.25) is 0 Å². The van der Waals surface area contributed by atoms with E-state index in [1.807, 2.05) is 6.08 Å². The molecule has 0 aliphatic carbocycles. The number of hydrogen-bond donors (Lipinski definition) is 1. The van der Waals surface area contributed by atoms with E-state index in [4.69, 9.17) is 4.74 Å². The molecule has 44 valence electrons. The molecule has 0 aromatic carbocycles. The van der Waals surface area contributed by atoms with Crippen LogP contribution in [0.2, 0.25) is 0 Å². The summed E-state index contributed by atoms with van der Waals surface area (Å²) in [6.07, 6.45) is 5.34. The largest absolute Gasteiger partial charge is 0.480 e. The van der Waals surface area contributed by atoms with Crippen molar-refractivity contribution in [2.45, 2.75) is 6.23 Å².